The zero-order valence-electron chi connectivity index (χ0n) is 10.8. The predicted molar refractivity (Wildman–Crippen MR) is 67.1 cm³/mol. The Bertz CT molecular complexity index is 475. The van der Waals surface area contributed by atoms with Gasteiger partial charge in [0.15, 0.2) is 0 Å². The van der Waals surface area contributed by atoms with Crippen molar-refractivity contribution in [1.82, 2.24) is 0 Å². The Balaban J connectivity index is 2.51. The van der Waals surface area contributed by atoms with Crippen molar-refractivity contribution in [2.75, 3.05) is 13.7 Å². The zero-order chi connectivity index (χ0) is 13.3. The lowest BCUT2D eigenvalue weighted by Crippen LogP contribution is -2.42. The number of carbonyl (C=O) groups is 1. The SMILES string of the molecule is COC(=O)c1cc(C2(CN)CCC2)c(F)cc1C. The summed E-state index contributed by atoms with van der Waals surface area (Å²) in [5, 5.41) is 0. The molecule has 0 aliphatic heterocycles. The van der Waals surface area contributed by atoms with Gasteiger partial charge in [0.2, 0.25) is 0 Å². The number of ether oxygens (including phenoxy) is 1. The van der Waals surface area contributed by atoms with Gasteiger partial charge in [0.25, 0.3) is 0 Å². The van der Waals surface area contributed by atoms with Crippen molar-refractivity contribution in [1.29, 1.82) is 0 Å². The average Bonchev–Trinajstić information content (AvgIpc) is 2.30. The van der Waals surface area contributed by atoms with E-state index in [4.69, 9.17) is 10.5 Å². The molecule has 0 atom stereocenters. The quantitative estimate of drug-likeness (QED) is 0.839. The van der Waals surface area contributed by atoms with Crippen molar-refractivity contribution in [2.24, 2.45) is 5.73 Å². The second-order valence-corrected chi connectivity index (χ2v) is 4.98. The maximum atomic E-state index is 14.1. The maximum absolute atomic E-state index is 14.1. The standard InChI is InChI=1S/C14H18FNO2/c1-9-6-12(15)11(7-10(9)13(17)18-2)14(8-16)4-3-5-14/h6-7H,3-5,8,16H2,1-2H3. The number of methoxy groups -OCH3 is 1. The van der Waals surface area contributed by atoms with Gasteiger partial charge < -0.3 is 10.5 Å². The van der Waals surface area contributed by atoms with Crippen LogP contribution in [0.25, 0.3) is 0 Å². The molecule has 0 unspecified atom stereocenters. The summed E-state index contributed by atoms with van der Waals surface area (Å²) in [4.78, 5) is 11.6. The van der Waals surface area contributed by atoms with Gasteiger partial charge in [-0.15, -0.1) is 0 Å². The first-order chi connectivity index (χ1) is 8.54. The van der Waals surface area contributed by atoms with Gasteiger partial charge in [0, 0.05) is 12.0 Å². The normalized spacial score (nSPS) is 17.1. The summed E-state index contributed by atoms with van der Waals surface area (Å²) in [5.74, 6) is -0.703. The van der Waals surface area contributed by atoms with Crippen molar-refractivity contribution in [2.45, 2.75) is 31.6 Å². The van der Waals surface area contributed by atoms with Crippen LogP contribution in [-0.2, 0) is 10.2 Å². The smallest absolute Gasteiger partial charge is 0.338 e. The number of aryl methyl sites for hydroxylation is 1. The summed E-state index contributed by atoms with van der Waals surface area (Å²) in [6.07, 6.45) is 2.81. The van der Waals surface area contributed by atoms with E-state index in [9.17, 15) is 9.18 Å². The van der Waals surface area contributed by atoms with Crippen LogP contribution in [0.2, 0.25) is 0 Å². The number of rotatable bonds is 3. The first-order valence-corrected chi connectivity index (χ1v) is 6.13. The van der Waals surface area contributed by atoms with E-state index in [0.29, 0.717) is 23.2 Å². The van der Waals surface area contributed by atoms with Gasteiger partial charge in [-0.2, -0.15) is 0 Å². The average molecular weight is 251 g/mol. The number of nitrogens with two attached hydrogens (primary N) is 1. The molecule has 1 fully saturated rings. The van der Waals surface area contributed by atoms with Crippen LogP contribution in [0.4, 0.5) is 4.39 Å². The topological polar surface area (TPSA) is 52.3 Å². The third-order valence-corrected chi connectivity index (χ3v) is 3.99. The Kier molecular flexibility index (Phi) is 3.39. The Morgan fingerprint density at radius 3 is 2.61 bits per heavy atom. The van der Waals surface area contributed by atoms with E-state index in [0.717, 1.165) is 19.3 Å². The van der Waals surface area contributed by atoms with Crippen LogP contribution >= 0.6 is 0 Å². The molecule has 0 saturated heterocycles. The van der Waals surface area contributed by atoms with Crippen LogP contribution in [0, 0.1) is 12.7 Å². The minimum Gasteiger partial charge on any atom is -0.465 e. The number of hydrogen-bond acceptors (Lipinski definition) is 3. The third-order valence-electron chi connectivity index (χ3n) is 3.99. The highest BCUT2D eigenvalue weighted by Gasteiger charge is 2.39. The van der Waals surface area contributed by atoms with Crippen molar-refractivity contribution < 1.29 is 13.9 Å². The monoisotopic (exact) mass is 251 g/mol. The number of esters is 1. The summed E-state index contributed by atoms with van der Waals surface area (Å²) in [6.45, 7) is 2.11. The minimum absolute atomic E-state index is 0.273. The molecular formula is C14H18FNO2. The van der Waals surface area contributed by atoms with Crippen molar-refractivity contribution in [3.63, 3.8) is 0 Å². The van der Waals surface area contributed by atoms with E-state index in [-0.39, 0.29) is 11.2 Å². The predicted octanol–water partition coefficient (Wildman–Crippen LogP) is 2.30. The fourth-order valence-electron chi connectivity index (χ4n) is 2.60. The Morgan fingerprint density at radius 1 is 1.50 bits per heavy atom. The highest BCUT2D eigenvalue weighted by Crippen LogP contribution is 2.44. The zero-order valence-corrected chi connectivity index (χ0v) is 10.8. The van der Waals surface area contributed by atoms with E-state index in [1.54, 1.807) is 13.0 Å². The molecule has 0 bridgehead atoms. The Hall–Kier alpha value is -1.42. The maximum Gasteiger partial charge on any atom is 0.338 e. The second kappa shape index (κ2) is 4.69. The highest BCUT2D eigenvalue weighted by molar-refractivity contribution is 5.91. The number of halogens is 1. The largest absolute Gasteiger partial charge is 0.465 e. The molecule has 0 aromatic heterocycles. The van der Waals surface area contributed by atoms with E-state index in [1.165, 1.54) is 13.2 Å². The minimum atomic E-state index is -0.430. The fraction of sp³-hybridized carbons (Fsp3) is 0.500. The third kappa shape index (κ3) is 1.90. The first-order valence-electron chi connectivity index (χ1n) is 6.13. The van der Waals surface area contributed by atoms with Gasteiger partial charge >= 0.3 is 5.97 Å². The summed E-state index contributed by atoms with van der Waals surface area (Å²) in [7, 11) is 1.33. The molecule has 2 rings (SSSR count). The molecule has 98 valence electrons. The summed E-state index contributed by atoms with van der Waals surface area (Å²) in [6, 6.07) is 3.01. The van der Waals surface area contributed by atoms with Gasteiger partial charge in [-0.25, -0.2) is 9.18 Å². The molecule has 3 nitrogen and oxygen atoms in total. The molecule has 0 amide bonds. The van der Waals surface area contributed by atoms with Gasteiger partial charge in [0.1, 0.15) is 5.82 Å². The van der Waals surface area contributed by atoms with E-state index < -0.39 is 5.97 Å². The Labute approximate surface area is 106 Å². The summed E-state index contributed by atoms with van der Waals surface area (Å²) >= 11 is 0. The number of benzene rings is 1. The summed E-state index contributed by atoms with van der Waals surface area (Å²) in [5.41, 5.74) is 7.07. The number of hydrogen-bond donors (Lipinski definition) is 1. The lowest BCUT2D eigenvalue weighted by Gasteiger charge is -2.41. The van der Waals surface area contributed by atoms with Crippen LogP contribution in [0.15, 0.2) is 12.1 Å². The molecule has 0 spiro atoms. The summed E-state index contributed by atoms with van der Waals surface area (Å²) < 4.78 is 18.8. The Morgan fingerprint density at radius 2 is 2.17 bits per heavy atom. The van der Waals surface area contributed by atoms with Crippen molar-refractivity contribution in [3.05, 3.63) is 34.6 Å². The highest BCUT2D eigenvalue weighted by atomic mass is 19.1. The van der Waals surface area contributed by atoms with Crippen molar-refractivity contribution in [3.8, 4) is 0 Å². The molecule has 2 N–H and O–H groups in total. The van der Waals surface area contributed by atoms with Crippen LogP contribution in [0.5, 0.6) is 0 Å². The lowest BCUT2D eigenvalue weighted by atomic mass is 9.64. The van der Waals surface area contributed by atoms with Crippen LogP contribution in [0.3, 0.4) is 0 Å². The van der Waals surface area contributed by atoms with Crippen molar-refractivity contribution >= 4 is 5.97 Å². The first kappa shape index (κ1) is 13.0. The molecule has 0 heterocycles. The molecule has 1 aromatic rings. The molecule has 18 heavy (non-hydrogen) atoms. The van der Waals surface area contributed by atoms with E-state index in [1.807, 2.05) is 0 Å². The molecule has 1 aromatic carbocycles. The van der Waals surface area contributed by atoms with Crippen LogP contribution in [0.1, 0.15) is 40.7 Å². The van der Waals surface area contributed by atoms with E-state index in [2.05, 4.69) is 0 Å². The van der Waals surface area contributed by atoms with Crippen LogP contribution in [-0.4, -0.2) is 19.6 Å². The molecule has 0 radical (unpaired) electrons. The molecule has 1 aliphatic carbocycles. The van der Waals surface area contributed by atoms with Crippen LogP contribution < -0.4 is 5.73 Å². The fourth-order valence-corrected chi connectivity index (χ4v) is 2.60. The van der Waals surface area contributed by atoms with E-state index >= 15 is 0 Å². The molecule has 4 heteroatoms. The van der Waals surface area contributed by atoms with Gasteiger partial charge in [-0.3, -0.25) is 0 Å². The van der Waals surface area contributed by atoms with Gasteiger partial charge in [0.05, 0.1) is 12.7 Å². The number of carbonyl (C=O) groups excluding carboxylic acids is 1. The molecular weight excluding hydrogens is 233 g/mol. The van der Waals surface area contributed by atoms with Gasteiger partial charge in [-0.05, 0) is 43.0 Å². The lowest BCUT2D eigenvalue weighted by molar-refractivity contribution is 0.0599. The molecule has 1 aliphatic rings. The molecule has 1 saturated carbocycles. The second-order valence-electron chi connectivity index (χ2n) is 4.98. The van der Waals surface area contributed by atoms with Gasteiger partial charge in [-0.1, -0.05) is 6.42 Å².